The topological polar surface area (TPSA) is 66.0 Å². The lowest BCUT2D eigenvalue weighted by atomic mass is 10.1. The van der Waals surface area contributed by atoms with Gasteiger partial charge in [0.2, 0.25) is 0 Å². The zero-order chi connectivity index (χ0) is 16.6. The molecule has 0 spiro atoms. The standard InChI is InChI=1S/C14H29NO5S2/c1-13(2)14(16)12-20-11-10-19-9-8-18-7-6-17-5-4-15-22(3)21/h13,15H,4-12H2,1-3H3. The summed E-state index contributed by atoms with van der Waals surface area (Å²) in [6.45, 7) is 8.34. The van der Waals surface area contributed by atoms with E-state index in [1.54, 1.807) is 0 Å². The van der Waals surface area contributed by atoms with Crippen molar-refractivity contribution in [1.29, 1.82) is 0 Å². The molecule has 0 aliphatic rings. The third-order valence-electron chi connectivity index (χ3n) is 2.56. The molecule has 0 aliphatic carbocycles. The van der Waals surface area contributed by atoms with Gasteiger partial charge in [-0.3, -0.25) is 9.52 Å². The van der Waals surface area contributed by atoms with Crippen LogP contribution in [0.2, 0.25) is 0 Å². The van der Waals surface area contributed by atoms with E-state index in [0.717, 1.165) is 6.54 Å². The minimum Gasteiger partial charge on any atom is -0.378 e. The molecule has 22 heavy (non-hydrogen) atoms. The molecule has 0 radical (unpaired) electrons. The fourth-order valence-corrected chi connectivity index (χ4v) is 1.88. The van der Waals surface area contributed by atoms with E-state index in [9.17, 15) is 4.79 Å². The first kappa shape index (κ1) is 22.0. The second-order valence-electron chi connectivity index (χ2n) is 4.86. The maximum atomic E-state index is 11.3. The minimum absolute atomic E-state index is 0.0209. The highest BCUT2D eigenvalue weighted by Gasteiger charge is 2.06. The highest BCUT2D eigenvalue weighted by atomic mass is 32.8. The highest BCUT2D eigenvalue weighted by molar-refractivity contribution is 8.27. The summed E-state index contributed by atoms with van der Waals surface area (Å²) >= 11 is 4.99. The largest absolute Gasteiger partial charge is 0.378 e. The molecule has 0 heterocycles. The summed E-state index contributed by atoms with van der Waals surface area (Å²) in [6.07, 6.45) is 1.95. The second kappa shape index (κ2) is 15.9. The Bertz CT molecular complexity index is 303. The van der Waals surface area contributed by atoms with Crippen molar-refractivity contribution < 1.29 is 23.7 Å². The van der Waals surface area contributed by atoms with Crippen LogP contribution < -0.4 is 4.72 Å². The summed E-state index contributed by atoms with van der Waals surface area (Å²) in [6, 6.07) is 0. The van der Waals surface area contributed by atoms with Crippen molar-refractivity contribution in [2.45, 2.75) is 13.8 Å². The minimum atomic E-state index is -0.159. The molecule has 1 atom stereocenters. The molecule has 0 fully saturated rings. The number of ketones is 1. The molecule has 8 heteroatoms. The van der Waals surface area contributed by atoms with Crippen LogP contribution in [0.15, 0.2) is 0 Å². The number of nitrogens with one attached hydrogen (secondary N) is 1. The molecule has 6 nitrogen and oxygen atoms in total. The Kier molecular flexibility index (Phi) is 15.9. The van der Waals surface area contributed by atoms with E-state index in [0.29, 0.717) is 46.2 Å². The van der Waals surface area contributed by atoms with Gasteiger partial charge in [-0.25, -0.2) is 0 Å². The molecule has 132 valence electrons. The van der Waals surface area contributed by atoms with Crippen LogP contribution in [0, 0.1) is 5.92 Å². The lowest BCUT2D eigenvalue weighted by Gasteiger charge is -2.08. The van der Waals surface area contributed by atoms with Gasteiger partial charge in [-0.2, -0.15) is 0 Å². The Morgan fingerprint density at radius 3 is 1.86 bits per heavy atom. The summed E-state index contributed by atoms with van der Waals surface area (Å²) in [4.78, 5) is 11.3. The summed E-state index contributed by atoms with van der Waals surface area (Å²) in [5, 5.41) is 0. The van der Waals surface area contributed by atoms with Crippen LogP contribution in [-0.4, -0.2) is 71.4 Å². The van der Waals surface area contributed by atoms with E-state index in [1.165, 1.54) is 0 Å². The number of ether oxygens (including phenoxy) is 4. The number of carbonyl (C=O) groups excluding carboxylic acids is 1. The molecular weight excluding hydrogens is 326 g/mol. The molecule has 0 aromatic rings. The van der Waals surface area contributed by atoms with E-state index >= 15 is 0 Å². The van der Waals surface area contributed by atoms with Crippen LogP contribution >= 0.6 is 0 Å². The highest BCUT2D eigenvalue weighted by Crippen LogP contribution is 1.94. The molecule has 0 aliphatic heterocycles. The zero-order valence-corrected chi connectivity index (χ0v) is 15.4. The van der Waals surface area contributed by atoms with Gasteiger partial charge in [0.15, 0.2) is 5.78 Å². The average molecular weight is 356 g/mol. The fourth-order valence-electron chi connectivity index (χ4n) is 1.26. The van der Waals surface area contributed by atoms with Crippen molar-refractivity contribution >= 4 is 26.6 Å². The summed E-state index contributed by atoms with van der Waals surface area (Å²) in [7, 11) is -0.159. The molecule has 0 saturated heterocycles. The molecule has 1 unspecified atom stereocenters. The van der Waals surface area contributed by atoms with Gasteiger partial charge in [-0.15, -0.1) is 0 Å². The van der Waals surface area contributed by atoms with Crippen LogP contribution in [0.1, 0.15) is 13.8 Å². The Balaban J connectivity index is 3.08. The second-order valence-corrected chi connectivity index (χ2v) is 7.56. The third kappa shape index (κ3) is 16.4. The maximum absolute atomic E-state index is 11.3. The Labute approximate surface area is 140 Å². The lowest BCUT2D eigenvalue weighted by Crippen LogP contribution is -2.21. The Morgan fingerprint density at radius 2 is 1.41 bits per heavy atom. The van der Waals surface area contributed by atoms with Crippen molar-refractivity contribution in [1.82, 2.24) is 4.72 Å². The molecule has 0 saturated carbocycles. The van der Waals surface area contributed by atoms with Gasteiger partial charge in [-0.05, 0) is 17.4 Å². The number of hydrogen-bond acceptors (Lipinski definition) is 6. The molecule has 0 aromatic carbocycles. The van der Waals surface area contributed by atoms with Gasteiger partial charge in [0.05, 0.1) is 46.2 Å². The zero-order valence-electron chi connectivity index (χ0n) is 13.8. The van der Waals surface area contributed by atoms with Crippen molar-refractivity contribution in [2.24, 2.45) is 5.92 Å². The van der Waals surface area contributed by atoms with Gasteiger partial charge in [0.25, 0.3) is 0 Å². The number of rotatable bonds is 16. The number of Topliss-reactive ketones (excluding diaryl/α,β-unsaturated/α-hetero) is 1. The number of hydrogen-bond donors (Lipinski definition) is 1. The number of carbonyl (C=O) groups is 1. The van der Waals surface area contributed by atoms with E-state index < -0.39 is 0 Å². The molecule has 1 N–H and O–H groups in total. The predicted octanol–water partition coefficient (Wildman–Crippen LogP) is 0.493. The first-order chi connectivity index (χ1) is 10.5. The molecule has 0 aromatic heterocycles. The van der Waals surface area contributed by atoms with Crippen LogP contribution in [0.25, 0.3) is 0 Å². The van der Waals surface area contributed by atoms with Crippen molar-refractivity contribution in [2.75, 3.05) is 65.7 Å². The van der Waals surface area contributed by atoms with Crippen molar-refractivity contribution in [3.05, 3.63) is 0 Å². The van der Waals surface area contributed by atoms with E-state index in [4.69, 9.17) is 30.1 Å². The fraction of sp³-hybridized carbons (Fsp3) is 0.929. The van der Waals surface area contributed by atoms with E-state index in [2.05, 4.69) is 4.72 Å². The van der Waals surface area contributed by atoms with Crippen LogP contribution in [-0.2, 0) is 44.6 Å². The van der Waals surface area contributed by atoms with Gasteiger partial charge in [0, 0.05) is 12.5 Å². The third-order valence-corrected chi connectivity index (χ3v) is 3.52. The van der Waals surface area contributed by atoms with E-state index in [-0.39, 0.29) is 27.9 Å². The molecule has 0 amide bonds. The maximum Gasteiger partial charge on any atom is 0.160 e. The van der Waals surface area contributed by atoms with Crippen LogP contribution in [0.3, 0.4) is 0 Å². The summed E-state index contributed by atoms with van der Waals surface area (Å²) < 4.78 is 24.4. The van der Waals surface area contributed by atoms with Crippen LogP contribution in [0.4, 0.5) is 0 Å². The predicted molar refractivity (Wildman–Crippen MR) is 91.8 cm³/mol. The smallest absolute Gasteiger partial charge is 0.160 e. The molecular formula is C14H29NO5S2. The summed E-state index contributed by atoms with van der Waals surface area (Å²) in [5.41, 5.74) is 0. The summed E-state index contributed by atoms with van der Waals surface area (Å²) in [5.74, 6) is 0.133. The lowest BCUT2D eigenvalue weighted by molar-refractivity contribution is -0.127. The van der Waals surface area contributed by atoms with Crippen molar-refractivity contribution in [3.63, 3.8) is 0 Å². The van der Waals surface area contributed by atoms with Gasteiger partial charge in [0.1, 0.15) is 6.61 Å². The Morgan fingerprint density at radius 1 is 0.955 bits per heavy atom. The SMILES string of the molecule is CC(C)C(=O)COCCOCCOCCOCCNS(C)=S. The van der Waals surface area contributed by atoms with Crippen LogP contribution in [0.5, 0.6) is 0 Å². The first-order valence-corrected chi connectivity index (χ1v) is 10.0. The normalized spacial score (nSPS) is 12.7. The Hall–Kier alpha value is 0.0400. The van der Waals surface area contributed by atoms with Gasteiger partial charge in [-0.1, -0.05) is 23.5 Å². The molecule has 0 rings (SSSR count). The monoisotopic (exact) mass is 355 g/mol. The van der Waals surface area contributed by atoms with Gasteiger partial charge < -0.3 is 18.9 Å². The van der Waals surface area contributed by atoms with Crippen molar-refractivity contribution in [3.8, 4) is 0 Å². The van der Waals surface area contributed by atoms with E-state index in [1.807, 2.05) is 20.1 Å². The van der Waals surface area contributed by atoms with Gasteiger partial charge >= 0.3 is 0 Å². The first-order valence-electron chi connectivity index (χ1n) is 7.44. The molecule has 0 bridgehead atoms. The quantitative estimate of drug-likeness (QED) is 0.404. The average Bonchev–Trinajstić information content (AvgIpc) is 2.46.